The fourth-order valence-electron chi connectivity index (χ4n) is 4.45. The Balaban J connectivity index is 3.58. The first-order chi connectivity index (χ1) is 14.2. The van der Waals surface area contributed by atoms with Crippen molar-refractivity contribution in [3.05, 3.63) is 0 Å². The van der Waals surface area contributed by atoms with E-state index in [4.69, 9.17) is 0 Å². The molecular weight excluding hydrogens is 624 g/mol. The zero-order chi connectivity index (χ0) is 25.3. The van der Waals surface area contributed by atoms with Crippen LogP contribution < -0.4 is 5.32 Å². The lowest BCUT2D eigenvalue weighted by molar-refractivity contribution is -0.337. The van der Waals surface area contributed by atoms with E-state index in [0.29, 0.717) is 16.0 Å². The molecule has 0 aromatic heterocycles. The number of hydrazine groups is 3. The molecule has 3 atom stereocenters. The van der Waals surface area contributed by atoms with Crippen LogP contribution in [0.5, 0.6) is 0 Å². The van der Waals surface area contributed by atoms with Gasteiger partial charge < -0.3 is 5.32 Å². The van der Waals surface area contributed by atoms with Gasteiger partial charge in [-0.15, -0.1) is 5.23 Å². The van der Waals surface area contributed by atoms with Crippen molar-refractivity contribution in [3.8, 4) is 0 Å². The van der Waals surface area contributed by atoms with Crippen LogP contribution in [0.2, 0.25) is 0 Å². The van der Waals surface area contributed by atoms with Gasteiger partial charge in [0.25, 0.3) is 0 Å². The maximum atomic E-state index is 3.96. The Hall–Kier alpha value is 1.26. The van der Waals surface area contributed by atoms with Crippen LogP contribution in [0.1, 0.15) is 103 Å². The van der Waals surface area contributed by atoms with Crippen molar-refractivity contribution in [2.24, 2.45) is 0 Å². The average Bonchev–Trinajstić information content (AvgIpc) is 2.95. The van der Waals surface area contributed by atoms with E-state index in [9.17, 15) is 0 Å². The number of halogens is 2. The number of rotatable bonds is 8. The van der Waals surface area contributed by atoms with E-state index in [1.54, 1.807) is 0 Å². The van der Waals surface area contributed by atoms with E-state index in [1.165, 1.54) is 10.8 Å². The van der Waals surface area contributed by atoms with Crippen LogP contribution in [-0.2, 0) is 0 Å². The predicted molar refractivity (Wildman–Crippen MR) is 158 cm³/mol. The molecule has 0 aliphatic carbocycles. The Bertz CT molecular complexity index is 571. The SMILES string of the molecule is CCC(I)C(CN(N1N(C(C)(C)C)CC(CCI)N1C(C)(C)C)C(C)(C)C)NC(C)(C)C. The largest absolute Gasteiger partial charge is 0.307 e. The van der Waals surface area contributed by atoms with Crippen molar-refractivity contribution < 1.29 is 0 Å². The number of alkyl halides is 2. The molecular formula is C25H53I2N5. The van der Waals surface area contributed by atoms with Gasteiger partial charge in [-0.1, -0.05) is 52.1 Å². The summed E-state index contributed by atoms with van der Waals surface area (Å²) < 4.78 is 1.74. The van der Waals surface area contributed by atoms with E-state index < -0.39 is 0 Å². The molecule has 1 fully saturated rings. The minimum absolute atomic E-state index is 0.0197. The van der Waals surface area contributed by atoms with Gasteiger partial charge in [0, 0.05) is 55.7 Å². The summed E-state index contributed by atoms with van der Waals surface area (Å²) in [7, 11) is 0. The summed E-state index contributed by atoms with van der Waals surface area (Å²) >= 11 is 5.20. The van der Waals surface area contributed by atoms with Crippen molar-refractivity contribution in [3.63, 3.8) is 0 Å². The molecule has 0 bridgehead atoms. The second-order valence-corrected chi connectivity index (χ2v) is 16.0. The lowest BCUT2D eigenvalue weighted by atomic mass is 10.0. The van der Waals surface area contributed by atoms with Crippen LogP contribution >= 0.6 is 45.2 Å². The highest BCUT2D eigenvalue weighted by Crippen LogP contribution is 2.38. The van der Waals surface area contributed by atoms with Crippen LogP contribution in [0.15, 0.2) is 0 Å². The van der Waals surface area contributed by atoms with Crippen molar-refractivity contribution in [2.75, 3.05) is 17.5 Å². The van der Waals surface area contributed by atoms with Crippen LogP contribution in [-0.4, -0.2) is 75.9 Å². The summed E-state index contributed by atoms with van der Waals surface area (Å²) in [6, 6.07) is 0.902. The molecule has 0 amide bonds. The van der Waals surface area contributed by atoms with Crippen LogP contribution in [0.4, 0.5) is 0 Å². The Morgan fingerprint density at radius 1 is 0.938 bits per heavy atom. The standard InChI is InChI=1S/C25H53I2N5/c1-14-20(27)21(28-22(2,3)4)18-30(24(8,9)10)32-29(23(5,6)7)17-19(15-16-26)31(32)25(11,12)13/h19-21,28H,14-18H2,1-13H3. The summed E-state index contributed by atoms with van der Waals surface area (Å²) in [6.45, 7) is 32.5. The van der Waals surface area contributed by atoms with Gasteiger partial charge in [-0.2, -0.15) is 0 Å². The van der Waals surface area contributed by atoms with Gasteiger partial charge in [0.2, 0.25) is 0 Å². The van der Waals surface area contributed by atoms with Crippen LogP contribution in [0, 0.1) is 0 Å². The third-order valence-electron chi connectivity index (χ3n) is 5.85. The zero-order valence-electron chi connectivity index (χ0n) is 23.3. The van der Waals surface area contributed by atoms with Gasteiger partial charge >= 0.3 is 0 Å². The summed E-state index contributed by atoms with van der Waals surface area (Å²) in [5.41, 5.74) is 0.124. The third-order valence-corrected chi connectivity index (χ3v) is 8.22. The van der Waals surface area contributed by atoms with Crippen molar-refractivity contribution in [1.82, 2.24) is 25.6 Å². The first-order valence-corrected chi connectivity index (χ1v) is 15.1. The van der Waals surface area contributed by atoms with Crippen molar-refractivity contribution >= 4 is 45.2 Å². The maximum absolute atomic E-state index is 3.96. The molecule has 32 heavy (non-hydrogen) atoms. The number of nitrogens with zero attached hydrogens (tertiary/aromatic N) is 4. The lowest BCUT2D eigenvalue weighted by Crippen LogP contribution is -2.70. The minimum Gasteiger partial charge on any atom is -0.307 e. The van der Waals surface area contributed by atoms with Gasteiger partial charge in [-0.05, 0) is 95.9 Å². The highest BCUT2D eigenvalue weighted by atomic mass is 127. The molecule has 3 unspecified atom stereocenters. The molecule has 1 heterocycles. The number of hydrogen-bond acceptors (Lipinski definition) is 5. The van der Waals surface area contributed by atoms with E-state index in [-0.39, 0.29) is 22.2 Å². The summed E-state index contributed by atoms with van der Waals surface area (Å²) in [5, 5.41) is 14.5. The minimum atomic E-state index is -0.0197. The van der Waals surface area contributed by atoms with E-state index in [0.717, 1.165) is 19.5 Å². The fraction of sp³-hybridized carbons (Fsp3) is 1.00. The van der Waals surface area contributed by atoms with Gasteiger partial charge in [0.15, 0.2) is 0 Å². The second kappa shape index (κ2) is 11.5. The van der Waals surface area contributed by atoms with Crippen LogP contribution in [0.25, 0.3) is 0 Å². The highest BCUT2D eigenvalue weighted by Gasteiger charge is 2.51. The maximum Gasteiger partial charge on any atom is 0.0429 e. The predicted octanol–water partition coefficient (Wildman–Crippen LogP) is 6.51. The molecule has 1 saturated heterocycles. The third kappa shape index (κ3) is 8.73. The molecule has 5 nitrogen and oxygen atoms in total. The normalized spacial score (nSPS) is 22.7. The zero-order valence-corrected chi connectivity index (χ0v) is 27.6. The second-order valence-electron chi connectivity index (χ2n) is 13.3. The smallest absolute Gasteiger partial charge is 0.0429 e. The van der Waals surface area contributed by atoms with Crippen LogP contribution in [0.3, 0.4) is 0 Å². The molecule has 7 heteroatoms. The molecule has 0 spiro atoms. The summed E-state index contributed by atoms with van der Waals surface area (Å²) in [4.78, 5) is 0. The average molecular weight is 678 g/mol. The number of nitrogens with one attached hydrogen (secondary N) is 1. The van der Waals surface area contributed by atoms with Gasteiger partial charge in [0.05, 0.1) is 0 Å². The fourth-order valence-corrected chi connectivity index (χ4v) is 5.58. The van der Waals surface area contributed by atoms with Gasteiger partial charge in [-0.3, -0.25) is 0 Å². The number of hydrogen-bond donors (Lipinski definition) is 1. The first-order valence-electron chi connectivity index (χ1n) is 12.4. The Labute approximate surface area is 228 Å². The quantitative estimate of drug-likeness (QED) is 0.234. The molecule has 0 aromatic carbocycles. The topological polar surface area (TPSA) is 25.0 Å². The molecule has 0 saturated carbocycles. The summed E-state index contributed by atoms with van der Waals surface area (Å²) in [5.74, 6) is 0. The molecule has 0 aromatic rings. The Morgan fingerprint density at radius 2 is 1.47 bits per heavy atom. The summed E-state index contributed by atoms with van der Waals surface area (Å²) in [6.07, 6.45) is 2.36. The first kappa shape index (κ1) is 31.3. The van der Waals surface area contributed by atoms with Crippen molar-refractivity contribution in [1.29, 1.82) is 0 Å². The molecule has 192 valence electrons. The van der Waals surface area contributed by atoms with E-state index in [1.807, 2.05) is 0 Å². The highest BCUT2D eigenvalue weighted by molar-refractivity contribution is 14.1. The van der Waals surface area contributed by atoms with E-state index in [2.05, 4.69) is 161 Å². The van der Waals surface area contributed by atoms with E-state index >= 15 is 0 Å². The molecule has 1 N–H and O–H groups in total. The van der Waals surface area contributed by atoms with Crippen molar-refractivity contribution in [2.45, 2.75) is 141 Å². The molecule has 1 rings (SSSR count). The van der Waals surface area contributed by atoms with Gasteiger partial charge in [0.1, 0.15) is 0 Å². The Morgan fingerprint density at radius 3 is 1.81 bits per heavy atom. The molecule has 0 radical (unpaired) electrons. The molecule has 1 aliphatic rings. The van der Waals surface area contributed by atoms with Gasteiger partial charge in [-0.25, -0.2) is 15.0 Å². The Kier molecular flexibility index (Phi) is 11.3. The molecule has 1 aliphatic heterocycles. The monoisotopic (exact) mass is 677 g/mol. The lowest BCUT2D eigenvalue weighted by Gasteiger charge is -2.55.